The van der Waals surface area contributed by atoms with Crippen molar-refractivity contribution >= 4 is 0 Å². The second kappa shape index (κ2) is 5.86. The van der Waals surface area contributed by atoms with Crippen LogP contribution in [0.1, 0.15) is 61.3 Å². The third kappa shape index (κ3) is 7.80. The van der Waals surface area contributed by atoms with Crippen molar-refractivity contribution < 1.29 is 9.47 Å². The molecular formula is C13H28O2. The summed E-state index contributed by atoms with van der Waals surface area (Å²) in [5.74, 6) is 0. The lowest BCUT2D eigenvalue weighted by molar-refractivity contribution is -0.0922. The fourth-order valence-electron chi connectivity index (χ4n) is 1.37. The van der Waals surface area contributed by atoms with Crippen LogP contribution in [0.15, 0.2) is 0 Å². The zero-order valence-corrected chi connectivity index (χ0v) is 11.5. The van der Waals surface area contributed by atoms with Gasteiger partial charge in [-0.15, -0.1) is 0 Å². The second-order valence-corrected chi connectivity index (χ2v) is 5.64. The van der Waals surface area contributed by atoms with Crippen molar-refractivity contribution in [3.05, 3.63) is 0 Å². The normalized spacial score (nSPS) is 13.6. The van der Waals surface area contributed by atoms with Crippen LogP contribution in [0.2, 0.25) is 0 Å². The first kappa shape index (κ1) is 14.9. The Bertz CT molecular complexity index is 171. The minimum absolute atomic E-state index is 0.00604. The highest BCUT2D eigenvalue weighted by atomic mass is 16.5. The topological polar surface area (TPSA) is 18.5 Å². The Morgan fingerprint density at radius 3 is 1.93 bits per heavy atom. The summed E-state index contributed by atoms with van der Waals surface area (Å²) in [7, 11) is 0. The van der Waals surface area contributed by atoms with Crippen LogP contribution in [0, 0.1) is 0 Å². The molecular weight excluding hydrogens is 188 g/mol. The zero-order chi connectivity index (χ0) is 12.1. The van der Waals surface area contributed by atoms with Crippen molar-refractivity contribution in [1.29, 1.82) is 0 Å². The molecule has 0 aliphatic heterocycles. The highest BCUT2D eigenvalue weighted by Gasteiger charge is 2.22. The molecule has 0 fully saturated rings. The molecule has 0 aliphatic rings. The lowest BCUT2D eigenvalue weighted by Crippen LogP contribution is -2.32. The summed E-state index contributed by atoms with van der Waals surface area (Å²) >= 11 is 0. The van der Waals surface area contributed by atoms with Crippen molar-refractivity contribution in [3.8, 4) is 0 Å². The number of ether oxygens (including phenoxy) is 2. The number of hydrogen-bond donors (Lipinski definition) is 0. The third-order valence-corrected chi connectivity index (χ3v) is 2.60. The molecule has 0 N–H and O–H groups in total. The molecule has 0 spiro atoms. The average molecular weight is 216 g/mol. The molecule has 0 aromatic rings. The first-order chi connectivity index (χ1) is 6.68. The average Bonchev–Trinajstić information content (AvgIpc) is 2.00. The molecule has 0 unspecified atom stereocenters. The molecule has 0 rings (SSSR count). The molecule has 0 saturated carbocycles. The van der Waals surface area contributed by atoms with E-state index in [9.17, 15) is 0 Å². The standard InChI is InChI=1S/C13H28O2/c1-8-12(4,5)14-10-9-13(6,7)15-11(2)3/h11H,8-10H2,1-7H3. The molecule has 0 aromatic carbocycles. The molecule has 0 saturated heterocycles. The maximum absolute atomic E-state index is 5.82. The van der Waals surface area contributed by atoms with Crippen LogP contribution in [0.4, 0.5) is 0 Å². The highest BCUT2D eigenvalue weighted by Crippen LogP contribution is 2.20. The molecule has 0 aliphatic carbocycles. The third-order valence-electron chi connectivity index (χ3n) is 2.60. The summed E-state index contributed by atoms with van der Waals surface area (Å²) in [5, 5.41) is 0. The van der Waals surface area contributed by atoms with E-state index in [1.165, 1.54) is 0 Å². The Morgan fingerprint density at radius 1 is 1.00 bits per heavy atom. The monoisotopic (exact) mass is 216 g/mol. The molecule has 0 radical (unpaired) electrons. The van der Waals surface area contributed by atoms with Gasteiger partial charge in [0.25, 0.3) is 0 Å². The predicted molar refractivity (Wildman–Crippen MR) is 65.2 cm³/mol. The van der Waals surface area contributed by atoms with Crippen LogP contribution >= 0.6 is 0 Å². The Morgan fingerprint density at radius 2 is 1.53 bits per heavy atom. The molecule has 15 heavy (non-hydrogen) atoms. The summed E-state index contributed by atoms with van der Waals surface area (Å²) in [5.41, 5.74) is -0.0914. The van der Waals surface area contributed by atoms with Gasteiger partial charge in [0.15, 0.2) is 0 Å². The van der Waals surface area contributed by atoms with Gasteiger partial charge in [-0.2, -0.15) is 0 Å². The second-order valence-electron chi connectivity index (χ2n) is 5.64. The van der Waals surface area contributed by atoms with Gasteiger partial charge in [-0.3, -0.25) is 0 Å². The largest absolute Gasteiger partial charge is 0.375 e. The van der Waals surface area contributed by atoms with Gasteiger partial charge in [-0.1, -0.05) is 6.92 Å². The summed E-state index contributed by atoms with van der Waals surface area (Å²) in [6.07, 6.45) is 2.26. The molecule has 0 bridgehead atoms. The van der Waals surface area contributed by atoms with Gasteiger partial charge in [0, 0.05) is 0 Å². The lowest BCUT2D eigenvalue weighted by atomic mass is 10.0. The van der Waals surface area contributed by atoms with Gasteiger partial charge in [-0.05, 0) is 54.4 Å². The SMILES string of the molecule is CCC(C)(C)OCCC(C)(C)OC(C)C. The molecule has 92 valence electrons. The van der Waals surface area contributed by atoms with Crippen molar-refractivity contribution in [2.45, 2.75) is 78.6 Å². The van der Waals surface area contributed by atoms with E-state index in [0.29, 0.717) is 0 Å². The summed E-state index contributed by atoms with van der Waals surface area (Å²) in [6, 6.07) is 0. The molecule has 2 heteroatoms. The first-order valence-electron chi connectivity index (χ1n) is 6.00. The van der Waals surface area contributed by atoms with E-state index >= 15 is 0 Å². The lowest BCUT2D eigenvalue weighted by Gasteiger charge is -2.30. The number of hydrogen-bond acceptors (Lipinski definition) is 2. The molecule has 2 nitrogen and oxygen atoms in total. The first-order valence-corrected chi connectivity index (χ1v) is 6.00. The Kier molecular flexibility index (Phi) is 5.82. The van der Waals surface area contributed by atoms with E-state index in [1.807, 2.05) is 0 Å². The van der Waals surface area contributed by atoms with Crippen molar-refractivity contribution in [2.75, 3.05) is 6.61 Å². The van der Waals surface area contributed by atoms with Crippen LogP contribution in [-0.2, 0) is 9.47 Å². The van der Waals surface area contributed by atoms with Gasteiger partial charge in [-0.25, -0.2) is 0 Å². The predicted octanol–water partition coefficient (Wildman–Crippen LogP) is 3.79. The Hall–Kier alpha value is -0.0800. The summed E-state index contributed by atoms with van der Waals surface area (Å²) in [6.45, 7) is 15.5. The minimum Gasteiger partial charge on any atom is -0.375 e. The molecule has 0 atom stereocenters. The molecule has 0 heterocycles. The fraction of sp³-hybridized carbons (Fsp3) is 1.00. The quantitative estimate of drug-likeness (QED) is 0.644. The van der Waals surface area contributed by atoms with E-state index in [1.54, 1.807) is 0 Å². The Balaban J connectivity index is 3.84. The maximum atomic E-state index is 5.82. The van der Waals surface area contributed by atoms with Gasteiger partial charge < -0.3 is 9.47 Å². The van der Waals surface area contributed by atoms with Crippen LogP contribution in [0.25, 0.3) is 0 Å². The van der Waals surface area contributed by atoms with Crippen LogP contribution in [0.3, 0.4) is 0 Å². The summed E-state index contributed by atoms with van der Waals surface area (Å²) in [4.78, 5) is 0. The van der Waals surface area contributed by atoms with Gasteiger partial charge >= 0.3 is 0 Å². The van der Waals surface area contributed by atoms with Crippen LogP contribution in [0.5, 0.6) is 0 Å². The van der Waals surface area contributed by atoms with E-state index < -0.39 is 0 Å². The van der Waals surface area contributed by atoms with Crippen LogP contribution < -0.4 is 0 Å². The van der Waals surface area contributed by atoms with E-state index in [4.69, 9.17) is 9.47 Å². The Labute approximate surface area is 95.3 Å². The van der Waals surface area contributed by atoms with Gasteiger partial charge in [0.05, 0.1) is 23.9 Å². The van der Waals surface area contributed by atoms with Crippen molar-refractivity contribution in [1.82, 2.24) is 0 Å². The summed E-state index contributed by atoms with van der Waals surface area (Å²) < 4.78 is 11.6. The van der Waals surface area contributed by atoms with Crippen molar-refractivity contribution in [2.24, 2.45) is 0 Å². The molecule has 0 amide bonds. The van der Waals surface area contributed by atoms with Gasteiger partial charge in [0.2, 0.25) is 0 Å². The van der Waals surface area contributed by atoms with Crippen LogP contribution in [-0.4, -0.2) is 23.9 Å². The zero-order valence-electron chi connectivity index (χ0n) is 11.5. The number of rotatable bonds is 7. The van der Waals surface area contributed by atoms with E-state index in [2.05, 4.69) is 48.5 Å². The fourth-order valence-corrected chi connectivity index (χ4v) is 1.37. The maximum Gasteiger partial charge on any atom is 0.0651 e. The van der Waals surface area contributed by atoms with E-state index in [0.717, 1.165) is 19.4 Å². The van der Waals surface area contributed by atoms with Crippen molar-refractivity contribution in [3.63, 3.8) is 0 Å². The molecule has 0 aromatic heterocycles. The highest BCUT2D eigenvalue weighted by molar-refractivity contribution is 4.71. The minimum atomic E-state index is -0.0853. The van der Waals surface area contributed by atoms with E-state index in [-0.39, 0.29) is 17.3 Å². The smallest absolute Gasteiger partial charge is 0.0651 e. The van der Waals surface area contributed by atoms with Gasteiger partial charge in [0.1, 0.15) is 0 Å².